The van der Waals surface area contributed by atoms with E-state index in [-0.39, 0.29) is 16.9 Å². The molecule has 148 valence electrons. The predicted molar refractivity (Wildman–Crippen MR) is 115 cm³/mol. The summed E-state index contributed by atoms with van der Waals surface area (Å²) in [5, 5.41) is 5.78. The monoisotopic (exact) mass is 396 g/mol. The van der Waals surface area contributed by atoms with Crippen molar-refractivity contribution in [1.82, 2.24) is 5.32 Å². The topological polar surface area (TPSA) is 67.4 Å². The Bertz CT molecular complexity index is 916. The molecule has 0 fully saturated rings. The van der Waals surface area contributed by atoms with Gasteiger partial charge in [-0.1, -0.05) is 45.0 Å². The molecule has 2 N–H and O–H groups in total. The van der Waals surface area contributed by atoms with Crippen molar-refractivity contribution in [3.8, 4) is 5.75 Å². The molecule has 0 saturated heterocycles. The Balaban J connectivity index is 1.72. The van der Waals surface area contributed by atoms with E-state index < -0.39 is 8.32 Å². The van der Waals surface area contributed by atoms with Crippen LogP contribution < -0.4 is 15.1 Å². The molecular weight excluding hydrogens is 368 g/mol. The van der Waals surface area contributed by atoms with Crippen LogP contribution in [0.25, 0.3) is 0 Å². The Hall–Kier alpha value is -2.60. The minimum Gasteiger partial charge on any atom is -0.543 e. The average Bonchev–Trinajstić information content (AvgIpc) is 2.90. The Morgan fingerprint density at radius 3 is 2.43 bits per heavy atom. The number of benzene rings is 2. The van der Waals surface area contributed by atoms with Gasteiger partial charge in [-0.2, -0.15) is 0 Å². The highest BCUT2D eigenvalue weighted by atomic mass is 28.4. The second-order valence-electron chi connectivity index (χ2n) is 8.66. The number of fused-ring (bicyclic) bond motifs is 1. The molecule has 0 aromatic heterocycles. The molecule has 0 spiro atoms. The van der Waals surface area contributed by atoms with E-state index in [1.807, 2.05) is 24.3 Å². The number of carbonyl (C=O) groups excluding carboxylic acids is 2. The van der Waals surface area contributed by atoms with Crippen molar-refractivity contribution in [2.45, 2.75) is 45.3 Å². The summed E-state index contributed by atoms with van der Waals surface area (Å²) in [6.07, 6.45) is 0.754. The van der Waals surface area contributed by atoms with E-state index in [1.165, 1.54) is 0 Å². The number of carbonyl (C=O) groups is 2. The number of hydrogen-bond donors (Lipinski definition) is 2. The molecule has 2 aromatic carbocycles. The van der Waals surface area contributed by atoms with Gasteiger partial charge in [-0.05, 0) is 48.3 Å². The van der Waals surface area contributed by atoms with E-state index in [0.717, 1.165) is 17.7 Å². The zero-order valence-electron chi connectivity index (χ0n) is 17.2. The zero-order chi connectivity index (χ0) is 20.5. The number of amides is 2. The third-order valence-corrected chi connectivity index (χ3v) is 9.96. The molecule has 28 heavy (non-hydrogen) atoms. The van der Waals surface area contributed by atoms with Crippen molar-refractivity contribution >= 4 is 25.8 Å². The van der Waals surface area contributed by atoms with Crippen LogP contribution in [-0.4, -0.2) is 26.7 Å². The first kappa shape index (κ1) is 20.1. The van der Waals surface area contributed by atoms with Gasteiger partial charge in [-0.15, -0.1) is 0 Å². The number of para-hydroxylation sites is 1. The maximum Gasteiger partial charge on any atom is 0.261 e. The summed E-state index contributed by atoms with van der Waals surface area (Å²) in [7, 11) is -1.92. The van der Waals surface area contributed by atoms with Crippen LogP contribution in [0.15, 0.2) is 42.5 Å². The normalized spacial score (nSPS) is 13.9. The van der Waals surface area contributed by atoms with Gasteiger partial charge in [0.15, 0.2) is 0 Å². The Kier molecular flexibility index (Phi) is 5.34. The molecule has 0 atom stereocenters. The fourth-order valence-electron chi connectivity index (χ4n) is 2.94. The fourth-order valence-corrected chi connectivity index (χ4v) is 3.99. The summed E-state index contributed by atoms with van der Waals surface area (Å²) in [6.45, 7) is 11.8. The molecule has 1 heterocycles. The third kappa shape index (κ3) is 3.97. The average molecular weight is 397 g/mol. The highest BCUT2D eigenvalue weighted by molar-refractivity contribution is 6.74. The minimum atomic E-state index is -1.92. The van der Waals surface area contributed by atoms with Gasteiger partial charge in [0, 0.05) is 12.2 Å². The number of rotatable bonds is 6. The van der Waals surface area contributed by atoms with Crippen molar-refractivity contribution in [3.63, 3.8) is 0 Å². The summed E-state index contributed by atoms with van der Waals surface area (Å²) >= 11 is 0. The van der Waals surface area contributed by atoms with Crippen LogP contribution in [0.5, 0.6) is 5.75 Å². The zero-order valence-corrected chi connectivity index (χ0v) is 18.2. The lowest BCUT2D eigenvalue weighted by Gasteiger charge is -2.37. The Morgan fingerprint density at radius 2 is 1.71 bits per heavy atom. The molecule has 1 aliphatic heterocycles. The highest BCUT2D eigenvalue weighted by Gasteiger charge is 2.39. The van der Waals surface area contributed by atoms with Gasteiger partial charge in [0.1, 0.15) is 5.75 Å². The van der Waals surface area contributed by atoms with Crippen molar-refractivity contribution in [1.29, 1.82) is 0 Å². The molecular formula is C22H28N2O3Si. The summed E-state index contributed by atoms with van der Waals surface area (Å²) in [4.78, 5) is 23.9. The second-order valence-corrected chi connectivity index (χ2v) is 13.4. The van der Waals surface area contributed by atoms with Crippen LogP contribution >= 0.6 is 0 Å². The van der Waals surface area contributed by atoms with Gasteiger partial charge >= 0.3 is 0 Å². The highest BCUT2D eigenvalue weighted by Crippen LogP contribution is 2.38. The maximum absolute atomic E-state index is 12.0. The van der Waals surface area contributed by atoms with Crippen LogP contribution in [0, 0.1) is 0 Å². The van der Waals surface area contributed by atoms with Gasteiger partial charge in [-0.3, -0.25) is 14.9 Å². The first-order valence-electron chi connectivity index (χ1n) is 9.59. The van der Waals surface area contributed by atoms with Gasteiger partial charge in [0.25, 0.3) is 11.8 Å². The predicted octanol–water partition coefficient (Wildman–Crippen LogP) is 4.61. The molecule has 5 nitrogen and oxygen atoms in total. The van der Waals surface area contributed by atoms with E-state index in [2.05, 4.69) is 50.6 Å². The lowest BCUT2D eigenvalue weighted by Crippen LogP contribution is -2.44. The van der Waals surface area contributed by atoms with Gasteiger partial charge in [0.2, 0.25) is 8.32 Å². The van der Waals surface area contributed by atoms with Crippen molar-refractivity contribution in [2.75, 3.05) is 11.9 Å². The molecule has 0 bridgehead atoms. The lowest BCUT2D eigenvalue weighted by molar-refractivity contribution is 0.0880. The Labute approximate surface area is 167 Å². The molecule has 0 unspecified atom stereocenters. The van der Waals surface area contributed by atoms with Crippen LogP contribution in [0.1, 0.15) is 47.1 Å². The fraction of sp³-hybridized carbons (Fsp3) is 0.364. The molecule has 2 amide bonds. The van der Waals surface area contributed by atoms with E-state index in [9.17, 15) is 9.59 Å². The summed E-state index contributed by atoms with van der Waals surface area (Å²) in [6, 6.07) is 13.4. The van der Waals surface area contributed by atoms with Gasteiger partial charge in [-0.25, -0.2) is 0 Å². The second kappa shape index (κ2) is 7.43. The minimum absolute atomic E-state index is 0.128. The SMILES string of the molecule is CC(C)(C)[Si](C)(C)Oc1ccccc1CCNc1cccc2c1C(=O)NC2=O. The molecule has 2 aromatic rings. The largest absolute Gasteiger partial charge is 0.543 e. The molecule has 0 radical (unpaired) electrons. The lowest BCUT2D eigenvalue weighted by atomic mass is 10.1. The van der Waals surface area contributed by atoms with Gasteiger partial charge in [0.05, 0.1) is 11.1 Å². The van der Waals surface area contributed by atoms with Crippen LogP contribution in [0.2, 0.25) is 18.1 Å². The summed E-state index contributed by atoms with van der Waals surface area (Å²) < 4.78 is 6.51. The molecule has 0 saturated carbocycles. The van der Waals surface area contributed by atoms with E-state index in [4.69, 9.17) is 4.43 Å². The van der Waals surface area contributed by atoms with E-state index >= 15 is 0 Å². The van der Waals surface area contributed by atoms with Crippen LogP contribution in [0.3, 0.4) is 0 Å². The van der Waals surface area contributed by atoms with Crippen molar-refractivity contribution in [3.05, 3.63) is 59.2 Å². The quantitative estimate of drug-likeness (QED) is 0.553. The van der Waals surface area contributed by atoms with Gasteiger partial charge < -0.3 is 9.74 Å². The molecule has 1 aliphatic rings. The molecule has 6 heteroatoms. The maximum atomic E-state index is 12.0. The van der Waals surface area contributed by atoms with E-state index in [0.29, 0.717) is 23.4 Å². The smallest absolute Gasteiger partial charge is 0.261 e. The number of imide groups is 1. The standard InChI is InChI=1S/C22H28N2O3Si/c1-22(2,3)28(4,5)27-18-12-7-6-9-15(18)13-14-23-17-11-8-10-16-19(17)21(26)24-20(16)25/h6-12,23H,13-14H2,1-5H3,(H,24,25,26). The first-order chi connectivity index (χ1) is 13.1. The van der Waals surface area contributed by atoms with Crippen molar-refractivity contribution < 1.29 is 14.0 Å². The molecule has 0 aliphatic carbocycles. The molecule has 3 rings (SSSR count). The van der Waals surface area contributed by atoms with Crippen LogP contribution in [-0.2, 0) is 6.42 Å². The summed E-state index contributed by atoms with van der Waals surface area (Å²) in [5.41, 5.74) is 2.67. The number of hydrogen-bond acceptors (Lipinski definition) is 4. The first-order valence-corrected chi connectivity index (χ1v) is 12.5. The van der Waals surface area contributed by atoms with E-state index in [1.54, 1.807) is 12.1 Å². The number of nitrogens with one attached hydrogen (secondary N) is 2. The Morgan fingerprint density at radius 1 is 1.00 bits per heavy atom. The summed E-state index contributed by atoms with van der Waals surface area (Å²) in [5.74, 6) is 0.253. The van der Waals surface area contributed by atoms with Crippen molar-refractivity contribution in [2.24, 2.45) is 0 Å². The number of anilines is 1. The van der Waals surface area contributed by atoms with Crippen LogP contribution in [0.4, 0.5) is 5.69 Å². The third-order valence-electron chi connectivity index (χ3n) is 5.62.